The van der Waals surface area contributed by atoms with Gasteiger partial charge < -0.3 is 19.5 Å². The molecule has 0 saturated carbocycles. The average Bonchev–Trinajstić information content (AvgIpc) is 3.30. The Morgan fingerprint density at radius 2 is 1.76 bits per heavy atom. The summed E-state index contributed by atoms with van der Waals surface area (Å²) in [6.07, 6.45) is 2.98. The summed E-state index contributed by atoms with van der Waals surface area (Å²) in [5, 5.41) is 14.2. The maximum Gasteiger partial charge on any atom is 0.341 e. The Balaban J connectivity index is 1.53. The van der Waals surface area contributed by atoms with Gasteiger partial charge in [-0.3, -0.25) is 14.9 Å². The fourth-order valence-corrected chi connectivity index (χ4v) is 5.16. The van der Waals surface area contributed by atoms with Crippen LogP contribution in [0.1, 0.15) is 33.3 Å². The minimum absolute atomic E-state index is 0.0644. The number of nitrogens with zero attached hydrogens (tertiary/aromatic N) is 1. The van der Waals surface area contributed by atoms with Crippen LogP contribution >= 0.6 is 11.3 Å². The number of ether oxygens (including phenoxy) is 3. The summed E-state index contributed by atoms with van der Waals surface area (Å²) in [5.41, 5.74) is 3.03. The lowest BCUT2D eigenvalue weighted by Crippen LogP contribution is -2.12. The molecule has 0 aliphatic rings. The van der Waals surface area contributed by atoms with Gasteiger partial charge in [0.1, 0.15) is 17.2 Å². The van der Waals surface area contributed by atoms with E-state index >= 15 is 0 Å². The highest BCUT2D eigenvalue weighted by molar-refractivity contribution is 7.17. The molecule has 0 aliphatic heterocycles. The number of non-ortho nitro benzene ring substituents is 1. The molecule has 4 rings (SSSR count). The van der Waals surface area contributed by atoms with Gasteiger partial charge in [-0.15, -0.1) is 11.3 Å². The number of nitrogens with one attached hydrogen (secondary N) is 1. The molecule has 1 aromatic heterocycles. The van der Waals surface area contributed by atoms with Gasteiger partial charge in [-0.1, -0.05) is 36.4 Å². The van der Waals surface area contributed by atoms with Gasteiger partial charge in [0.2, 0.25) is 5.91 Å². The van der Waals surface area contributed by atoms with Crippen molar-refractivity contribution in [2.24, 2.45) is 0 Å². The van der Waals surface area contributed by atoms with E-state index in [9.17, 15) is 19.7 Å². The first-order valence-corrected chi connectivity index (χ1v) is 13.5. The number of anilines is 1. The summed E-state index contributed by atoms with van der Waals surface area (Å²) in [7, 11) is 1.55. The first-order valence-electron chi connectivity index (χ1n) is 12.7. The monoisotopic (exact) mass is 572 g/mol. The van der Waals surface area contributed by atoms with Crippen molar-refractivity contribution in [1.29, 1.82) is 0 Å². The summed E-state index contributed by atoms with van der Waals surface area (Å²) in [6.45, 7) is 4.03. The Morgan fingerprint density at radius 1 is 1.02 bits per heavy atom. The molecule has 0 aliphatic carbocycles. The van der Waals surface area contributed by atoms with E-state index in [0.717, 1.165) is 10.4 Å². The summed E-state index contributed by atoms with van der Waals surface area (Å²) >= 11 is 1.23. The fourth-order valence-electron chi connectivity index (χ4n) is 4.10. The van der Waals surface area contributed by atoms with Crippen LogP contribution in [0.4, 0.5) is 10.7 Å². The molecule has 1 N–H and O–H groups in total. The smallest absolute Gasteiger partial charge is 0.341 e. The molecule has 0 unspecified atom stereocenters. The number of carbonyl (C=O) groups excluding carboxylic acids is 2. The highest BCUT2D eigenvalue weighted by Gasteiger charge is 2.25. The van der Waals surface area contributed by atoms with Crippen LogP contribution in [-0.4, -0.2) is 30.5 Å². The highest BCUT2D eigenvalue weighted by atomic mass is 32.1. The minimum Gasteiger partial charge on any atom is -0.493 e. The average molecular weight is 573 g/mol. The molecule has 0 spiro atoms. The van der Waals surface area contributed by atoms with E-state index in [-0.39, 0.29) is 17.9 Å². The van der Waals surface area contributed by atoms with Crippen LogP contribution in [-0.2, 0) is 16.1 Å². The van der Waals surface area contributed by atoms with Crippen molar-refractivity contribution in [3.63, 3.8) is 0 Å². The number of rotatable bonds is 11. The number of methoxy groups -OCH3 is 1. The number of thiophene rings is 1. The van der Waals surface area contributed by atoms with Gasteiger partial charge in [0.25, 0.3) is 5.69 Å². The highest BCUT2D eigenvalue weighted by Crippen LogP contribution is 2.41. The van der Waals surface area contributed by atoms with Gasteiger partial charge >= 0.3 is 5.97 Å². The second-order valence-electron chi connectivity index (χ2n) is 8.77. The molecule has 41 heavy (non-hydrogen) atoms. The molecule has 0 bridgehead atoms. The molecule has 210 valence electrons. The third-order valence-electron chi connectivity index (χ3n) is 6.02. The predicted octanol–water partition coefficient (Wildman–Crippen LogP) is 7.05. The first-order chi connectivity index (χ1) is 19.8. The largest absolute Gasteiger partial charge is 0.493 e. The summed E-state index contributed by atoms with van der Waals surface area (Å²) < 4.78 is 16.6. The van der Waals surface area contributed by atoms with Gasteiger partial charge in [0.15, 0.2) is 11.5 Å². The normalized spacial score (nSPS) is 10.8. The number of hydrogen-bond donors (Lipinski definition) is 1. The lowest BCUT2D eigenvalue weighted by Gasteiger charge is -2.11. The number of nitro groups is 1. The summed E-state index contributed by atoms with van der Waals surface area (Å²) in [5.74, 6) is 0.0512. The van der Waals surface area contributed by atoms with Crippen LogP contribution in [0.3, 0.4) is 0 Å². The van der Waals surface area contributed by atoms with Gasteiger partial charge in [-0.25, -0.2) is 4.79 Å². The van der Waals surface area contributed by atoms with Crippen LogP contribution in [0.2, 0.25) is 0 Å². The molecule has 0 saturated heterocycles. The quantitative estimate of drug-likeness (QED) is 0.0886. The number of nitro benzene ring substituents is 1. The zero-order valence-corrected chi connectivity index (χ0v) is 23.5. The standard InChI is InChI=1S/C31H28N2O7S/c1-4-39-31(35)29-28(23-12-14-24(15-13-23)33(36)37)20(2)41-30(29)32-27(34)17-11-21-10-16-25(26(18-21)38-3)40-19-22-8-6-5-7-9-22/h5-18H,4,19H2,1-3H3,(H,32,34)/b17-11+. The van der Waals surface area contributed by atoms with Gasteiger partial charge in [0, 0.05) is 28.6 Å². The van der Waals surface area contributed by atoms with Gasteiger partial charge in [0.05, 0.1) is 18.6 Å². The Morgan fingerprint density at radius 3 is 2.41 bits per heavy atom. The number of esters is 1. The first kappa shape index (κ1) is 29.0. The zero-order chi connectivity index (χ0) is 29.4. The molecule has 4 aromatic rings. The Kier molecular flexibility index (Phi) is 9.49. The maximum atomic E-state index is 12.9. The third-order valence-corrected chi connectivity index (χ3v) is 7.04. The van der Waals surface area contributed by atoms with E-state index in [1.165, 1.54) is 29.5 Å². The molecular weight excluding hydrogens is 544 g/mol. The molecular formula is C31H28N2O7S. The lowest BCUT2D eigenvalue weighted by molar-refractivity contribution is -0.384. The molecule has 1 amide bonds. The van der Waals surface area contributed by atoms with Crippen molar-refractivity contribution in [2.75, 3.05) is 19.0 Å². The topological polar surface area (TPSA) is 117 Å². The summed E-state index contributed by atoms with van der Waals surface area (Å²) in [4.78, 5) is 37.2. The fraction of sp³-hybridized carbons (Fsp3) is 0.161. The lowest BCUT2D eigenvalue weighted by atomic mass is 10.0. The number of amides is 1. The van der Waals surface area contributed by atoms with Crippen LogP contribution in [0.25, 0.3) is 17.2 Å². The second kappa shape index (κ2) is 13.4. The molecule has 9 nitrogen and oxygen atoms in total. The predicted molar refractivity (Wildman–Crippen MR) is 159 cm³/mol. The zero-order valence-electron chi connectivity index (χ0n) is 22.7. The van der Waals surface area contributed by atoms with Crippen molar-refractivity contribution in [1.82, 2.24) is 0 Å². The summed E-state index contributed by atoms with van der Waals surface area (Å²) in [6, 6.07) is 21.0. The molecule has 0 radical (unpaired) electrons. The van der Waals surface area contributed by atoms with Crippen molar-refractivity contribution < 1.29 is 28.7 Å². The second-order valence-corrected chi connectivity index (χ2v) is 9.99. The Labute approximate surface area is 241 Å². The maximum absolute atomic E-state index is 12.9. The van der Waals surface area contributed by atoms with Crippen molar-refractivity contribution in [3.8, 4) is 22.6 Å². The van der Waals surface area contributed by atoms with E-state index in [1.807, 2.05) is 37.3 Å². The van der Waals surface area contributed by atoms with E-state index in [1.54, 1.807) is 50.4 Å². The van der Waals surface area contributed by atoms with Crippen LogP contribution in [0.5, 0.6) is 11.5 Å². The van der Waals surface area contributed by atoms with Crippen LogP contribution in [0.15, 0.2) is 78.9 Å². The van der Waals surface area contributed by atoms with Crippen molar-refractivity contribution in [3.05, 3.63) is 111 Å². The van der Waals surface area contributed by atoms with E-state index in [0.29, 0.717) is 39.8 Å². The number of aryl methyl sites for hydroxylation is 1. The Hall–Kier alpha value is -4.96. The number of benzene rings is 3. The number of carbonyl (C=O) groups is 2. The minimum atomic E-state index is -0.597. The van der Waals surface area contributed by atoms with Crippen LogP contribution < -0.4 is 14.8 Å². The molecule has 10 heteroatoms. The van der Waals surface area contributed by atoms with E-state index < -0.39 is 16.8 Å². The van der Waals surface area contributed by atoms with E-state index in [4.69, 9.17) is 14.2 Å². The SMILES string of the molecule is CCOC(=O)c1c(NC(=O)/C=C/c2ccc(OCc3ccccc3)c(OC)c2)sc(C)c1-c1ccc([N+](=O)[O-])cc1. The molecule has 3 aromatic carbocycles. The molecule has 1 heterocycles. The van der Waals surface area contributed by atoms with Crippen molar-refractivity contribution >= 4 is 40.0 Å². The molecule has 0 fully saturated rings. The molecule has 0 atom stereocenters. The van der Waals surface area contributed by atoms with E-state index in [2.05, 4.69) is 5.32 Å². The third kappa shape index (κ3) is 7.17. The number of hydrogen-bond acceptors (Lipinski definition) is 8. The van der Waals surface area contributed by atoms with Gasteiger partial charge in [-0.05, 0) is 60.9 Å². The van der Waals surface area contributed by atoms with Gasteiger partial charge in [-0.2, -0.15) is 0 Å². The van der Waals surface area contributed by atoms with Crippen LogP contribution in [0, 0.1) is 17.0 Å². The Bertz CT molecular complexity index is 1580. The van der Waals surface area contributed by atoms with Crippen molar-refractivity contribution in [2.45, 2.75) is 20.5 Å².